The monoisotopic (exact) mass is 273 g/mol. The van der Waals surface area contributed by atoms with E-state index in [2.05, 4.69) is 9.97 Å². The van der Waals surface area contributed by atoms with Gasteiger partial charge in [-0.2, -0.15) is 0 Å². The molecule has 1 aromatic heterocycles. The molecule has 0 spiro atoms. The maximum absolute atomic E-state index is 12.1. The van der Waals surface area contributed by atoms with Crippen molar-refractivity contribution < 1.29 is 9.53 Å². The lowest BCUT2D eigenvalue weighted by Gasteiger charge is -2.15. The van der Waals surface area contributed by atoms with Crippen molar-refractivity contribution in [2.45, 2.75) is 25.4 Å². The molecule has 3 rings (SSSR count). The summed E-state index contributed by atoms with van der Waals surface area (Å²) in [5.74, 6) is 1.06. The van der Waals surface area contributed by atoms with E-state index in [1.165, 1.54) is 0 Å². The molecule has 0 aliphatic carbocycles. The van der Waals surface area contributed by atoms with Gasteiger partial charge in [-0.25, -0.2) is 4.98 Å². The van der Waals surface area contributed by atoms with Crippen LogP contribution >= 0.6 is 0 Å². The van der Waals surface area contributed by atoms with E-state index in [-0.39, 0.29) is 12.0 Å². The molecule has 0 radical (unpaired) electrons. The molecule has 1 unspecified atom stereocenters. The molecule has 2 aromatic rings. The van der Waals surface area contributed by atoms with E-state index in [4.69, 9.17) is 4.74 Å². The van der Waals surface area contributed by atoms with Crippen molar-refractivity contribution >= 4 is 16.9 Å². The van der Waals surface area contributed by atoms with Gasteiger partial charge in [0.15, 0.2) is 0 Å². The highest BCUT2D eigenvalue weighted by Gasteiger charge is 2.25. The Bertz CT molecular complexity index is 575. The molecule has 5 heteroatoms. The fourth-order valence-electron chi connectivity index (χ4n) is 2.65. The average Bonchev–Trinajstić information content (AvgIpc) is 3.10. The molecule has 0 bridgehead atoms. The number of aryl methyl sites for hydroxylation is 1. The molecule has 1 N–H and O–H groups in total. The third-order valence-corrected chi connectivity index (χ3v) is 3.85. The second-order valence-electron chi connectivity index (χ2n) is 5.19. The number of amides is 1. The highest BCUT2D eigenvalue weighted by atomic mass is 16.5. The molecule has 1 aliphatic heterocycles. The van der Waals surface area contributed by atoms with E-state index in [0.29, 0.717) is 12.8 Å². The Morgan fingerprint density at radius 1 is 1.50 bits per heavy atom. The number of hydrogen-bond donors (Lipinski definition) is 1. The number of ether oxygens (including phenoxy) is 1. The molecular formula is C15H19N3O2. The summed E-state index contributed by atoms with van der Waals surface area (Å²) in [6.07, 6.45) is 2.29. The number of methoxy groups -OCH3 is 1. The van der Waals surface area contributed by atoms with Crippen LogP contribution in [0.2, 0.25) is 0 Å². The Morgan fingerprint density at radius 2 is 2.35 bits per heavy atom. The summed E-state index contributed by atoms with van der Waals surface area (Å²) < 4.78 is 5.28. The van der Waals surface area contributed by atoms with Gasteiger partial charge in [0, 0.05) is 33.0 Å². The van der Waals surface area contributed by atoms with E-state index in [9.17, 15) is 4.79 Å². The first-order valence-corrected chi connectivity index (χ1v) is 7.00. The first kappa shape index (κ1) is 13.1. The Kier molecular flexibility index (Phi) is 3.69. The summed E-state index contributed by atoms with van der Waals surface area (Å²) in [5, 5.41) is 0. The van der Waals surface area contributed by atoms with Crippen LogP contribution in [-0.4, -0.2) is 47.1 Å². The van der Waals surface area contributed by atoms with Gasteiger partial charge in [-0.1, -0.05) is 12.1 Å². The van der Waals surface area contributed by atoms with Gasteiger partial charge < -0.3 is 14.6 Å². The minimum atomic E-state index is 0.185. The SMILES string of the molecule is COC1CCN(C(=O)CCc2nc3ccccc3[nH]2)C1. The Hall–Kier alpha value is -1.88. The van der Waals surface area contributed by atoms with Crippen molar-refractivity contribution in [2.75, 3.05) is 20.2 Å². The fraction of sp³-hybridized carbons (Fsp3) is 0.467. The van der Waals surface area contributed by atoms with Gasteiger partial charge in [0.2, 0.25) is 5.91 Å². The molecular weight excluding hydrogens is 254 g/mol. The predicted molar refractivity (Wildman–Crippen MR) is 76.4 cm³/mol. The minimum Gasteiger partial charge on any atom is -0.380 e. The van der Waals surface area contributed by atoms with Gasteiger partial charge in [-0.05, 0) is 18.6 Å². The Morgan fingerprint density at radius 3 is 3.10 bits per heavy atom. The third-order valence-electron chi connectivity index (χ3n) is 3.85. The van der Waals surface area contributed by atoms with Gasteiger partial charge in [0.05, 0.1) is 17.1 Å². The van der Waals surface area contributed by atoms with Crippen LogP contribution in [-0.2, 0) is 16.0 Å². The van der Waals surface area contributed by atoms with Crippen LogP contribution in [0.25, 0.3) is 11.0 Å². The predicted octanol–water partition coefficient (Wildman–Crippen LogP) is 1.74. The maximum Gasteiger partial charge on any atom is 0.223 e. The molecule has 5 nitrogen and oxygen atoms in total. The van der Waals surface area contributed by atoms with Crippen molar-refractivity contribution in [1.82, 2.24) is 14.9 Å². The number of rotatable bonds is 4. The zero-order chi connectivity index (χ0) is 13.9. The topological polar surface area (TPSA) is 58.2 Å². The average molecular weight is 273 g/mol. The summed E-state index contributed by atoms with van der Waals surface area (Å²) in [7, 11) is 1.70. The molecule has 1 saturated heterocycles. The van der Waals surface area contributed by atoms with Crippen LogP contribution in [0.15, 0.2) is 24.3 Å². The van der Waals surface area contributed by atoms with Crippen molar-refractivity contribution in [3.05, 3.63) is 30.1 Å². The van der Waals surface area contributed by atoms with Crippen LogP contribution in [0.5, 0.6) is 0 Å². The molecule has 20 heavy (non-hydrogen) atoms. The normalized spacial score (nSPS) is 18.9. The summed E-state index contributed by atoms with van der Waals surface area (Å²) >= 11 is 0. The second-order valence-corrected chi connectivity index (χ2v) is 5.19. The quantitative estimate of drug-likeness (QED) is 0.923. The Balaban J connectivity index is 1.57. The molecule has 1 atom stereocenters. The third kappa shape index (κ3) is 2.67. The van der Waals surface area contributed by atoms with E-state index < -0.39 is 0 Å². The number of hydrogen-bond acceptors (Lipinski definition) is 3. The number of likely N-dealkylation sites (tertiary alicyclic amines) is 1. The number of imidazole rings is 1. The van der Waals surface area contributed by atoms with Crippen molar-refractivity contribution in [1.29, 1.82) is 0 Å². The van der Waals surface area contributed by atoms with Crippen LogP contribution in [0, 0.1) is 0 Å². The van der Waals surface area contributed by atoms with Crippen LogP contribution < -0.4 is 0 Å². The number of benzene rings is 1. The number of carbonyl (C=O) groups excluding carboxylic acids is 1. The lowest BCUT2D eigenvalue weighted by atomic mass is 10.2. The lowest BCUT2D eigenvalue weighted by Crippen LogP contribution is -2.30. The largest absolute Gasteiger partial charge is 0.380 e. The number of aromatic nitrogens is 2. The minimum absolute atomic E-state index is 0.185. The maximum atomic E-state index is 12.1. The first-order chi connectivity index (χ1) is 9.76. The molecule has 1 amide bonds. The molecule has 2 heterocycles. The van der Waals surface area contributed by atoms with Crippen molar-refractivity contribution in [3.63, 3.8) is 0 Å². The molecule has 1 fully saturated rings. The van der Waals surface area contributed by atoms with E-state index in [0.717, 1.165) is 36.4 Å². The number of aromatic amines is 1. The highest BCUT2D eigenvalue weighted by molar-refractivity contribution is 5.77. The van der Waals surface area contributed by atoms with Crippen molar-refractivity contribution in [2.24, 2.45) is 0 Å². The van der Waals surface area contributed by atoms with E-state index >= 15 is 0 Å². The Labute approximate surface area is 117 Å². The standard InChI is InChI=1S/C15H19N3O2/c1-20-11-8-9-18(10-11)15(19)7-6-14-16-12-4-2-3-5-13(12)17-14/h2-5,11H,6-10H2,1H3,(H,16,17). The van der Waals surface area contributed by atoms with Gasteiger partial charge in [0.1, 0.15) is 5.82 Å². The number of H-pyrrole nitrogens is 1. The van der Waals surface area contributed by atoms with E-state index in [1.54, 1.807) is 7.11 Å². The first-order valence-electron chi connectivity index (χ1n) is 7.00. The zero-order valence-electron chi connectivity index (χ0n) is 11.6. The molecule has 106 valence electrons. The van der Waals surface area contributed by atoms with Crippen LogP contribution in [0.3, 0.4) is 0 Å². The van der Waals surface area contributed by atoms with Gasteiger partial charge in [0.25, 0.3) is 0 Å². The molecule has 1 aromatic carbocycles. The number of para-hydroxylation sites is 2. The summed E-state index contributed by atoms with van der Waals surface area (Å²) in [5.41, 5.74) is 1.98. The number of nitrogens with zero attached hydrogens (tertiary/aromatic N) is 2. The van der Waals surface area contributed by atoms with Crippen LogP contribution in [0.1, 0.15) is 18.7 Å². The summed E-state index contributed by atoms with van der Waals surface area (Å²) in [4.78, 5) is 21.8. The zero-order valence-corrected chi connectivity index (χ0v) is 11.6. The highest BCUT2D eigenvalue weighted by Crippen LogP contribution is 2.15. The lowest BCUT2D eigenvalue weighted by molar-refractivity contribution is -0.130. The molecule has 1 aliphatic rings. The number of carbonyl (C=O) groups is 1. The second kappa shape index (κ2) is 5.63. The van der Waals surface area contributed by atoms with Crippen molar-refractivity contribution in [3.8, 4) is 0 Å². The van der Waals surface area contributed by atoms with Gasteiger partial charge >= 0.3 is 0 Å². The van der Waals surface area contributed by atoms with E-state index in [1.807, 2.05) is 29.2 Å². The van der Waals surface area contributed by atoms with Gasteiger partial charge in [-0.3, -0.25) is 4.79 Å². The van der Waals surface area contributed by atoms with Gasteiger partial charge in [-0.15, -0.1) is 0 Å². The van der Waals surface area contributed by atoms with Crippen LogP contribution in [0.4, 0.5) is 0 Å². The number of fused-ring (bicyclic) bond motifs is 1. The summed E-state index contributed by atoms with van der Waals surface area (Å²) in [6, 6.07) is 7.91. The molecule has 0 saturated carbocycles. The smallest absolute Gasteiger partial charge is 0.223 e. The summed E-state index contributed by atoms with van der Waals surface area (Å²) in [6.45, 7) is 1.52. The number of nitrogens with one attached hydrogen (secondary N) is 1. The fourth-order valence-corrected chi connectivity index (χ4v) is 2.65.